The van der Waals surface area contributed by atoms with E-state index in [9.17, 15) is 0 Å². The van der Waals surface area contributed by atoms with E-state index in [0.29, 0.717) is 11.5 Å². The highest BCUT2D eigenvalue weighted by Gasteiger charge is 2.10. The van der Waals surface area contributed by atoms with Crippen molar-refractivity contribution in [2.45, 2.75) is 20.8 Å². The van der Waals surface area contributed by atoms with Gasteiger partial charge >= 0.3 is 0 Å². The van der Waals surface area contributed by atoms with Gasteiger partial charge in [0.25, 0.3) is 0 Å². The number of hydrogen-bond donors (Lipinski definition) is 0. The lowest BCUT2D eigenvalue weighted by Gasteiger charge is -2.11. The fourth-order valence-electron chi connectivity index (χ4n) is 2.05. The zero-order valence-electron chi connectivity index (χ0n) is 11.5. The second-order valence-corrected chi connectivity index (χ2v) is 4.43. The quantitative estimate of drug-likeness (QED) is 0.825. The molecular weight excluding hydrogens is 238 g/mol. The predicted octanol–water partition coefficient (Wildman–Crippen LogP) is 2.95. The Morgan fingerprint density at radius 1 is 1.05 bits per heavy atom. The lowest BCUT2D eigenvalue weighted by Crippen LogP contribution is -1.97. The molecule has 0 radical (unpaired) electrons. The third kappa shape index (κ3) is 2.55. The second kappa shape index (κ2) is 5.07. The molecule has 0 fully saturated rings. The van der Waals surface area contributed by atoms with Crippen molar-refractivity contribution in [2.75, 3.05) is 7.11 Å². The molecule has 1 aromatic heterocycles. The van der Waals surface area contributed by atoms with E-state index in [1.54, 1.807) is 20.1 Å². The molecule has 0 spiro atoms. The molecule has 0 amide bonds. The number of benzene rings is 1. The first-order valence-electron chi connectivity index (χ1n) is 5.96. The summed E-state index contributed by atoms with van der Waals surface area (Å²) in [4.78, 5) is 8.47. The molecule has 2 aromatic rings. The summed E-state index contributed by atoms with van der Waals surface area (Å²) in [7, 11) is 1.66. The summed E-state index contributed by atoms with van der Waals surface area (Å²) in [6, 6.07) is 7.77. The van der Waals surface area contributed by atoms with E-state index in [2.05, 4.69) is 16.0 Å². The third-order valence-electron chi connectivity index (χ3n) is 2.97. The SMILES string of the molecule is COc1cc(C)c(-c2cc(C#N)nc(C)n2)cc1C. The van der Waals surface area contributed by atoms with Gasteiger partial charge in [0.15, 0.2) is 0 Å². The average molecular weight is 253 g/mol. The van der Waals surface area contributed by atoms with Gasteiger partial charge in [0.05, 0.1) is 12.8 Å². The van der Waals surface area contributed by atoms with Crippen LogP contribution in [0.5, 0.6) is 5.75 Å². The molecule has 0 N–H and O–H groups in total. The van der Waals surface area contributed by atoms with Crippen LogP contribution in [0.2, 0.25) is 0 Å². The summed E-state index contributed by atoms with van der Waals surface area (Å²) < 4.78 is 5.30. The Bertz CT molecular complexity index is 672. The first kappa shape index (κ1) is 13.0. The Morgan fingerprint density at radius 2 is 1.79 bits per heavy atom. The van der Waals surface area contributed by atoms with Crippen molar-refractivity contribution in [3.05, 3.63) is 40.8 Å². The van der Waals surface area contributed by atoms with E-state index < -0.39 is 0 Å². The fourth-order valence-corrected chi connectivity index (χ4v) is 2.05. The normalized spacial score (nSPS) is 10.1. The highest BCUT2D eigenvalue weighted by atomic mass is 16.5. The van der Waals surface area contributed by atoms with Crippen LogP contribution in [0.25, 0.3) is 11.3 Å². The highest BCUT2D eigenvalue weighted by molar-refractivity contribution is 5.67. The van der Waals surface area contributed by atoms with Crippen molar-refractivity contribution in [3.8, 4) is 23.1 Å². The van der Waals surface area contributed by atoms with Crippen LogP contribution >= 0.6 is 0 Å². The molecule has 4 heteroatoms. The molecule has 0 aliphatic rings. The van der Waals surface area contributed by atoms with Crippen LogP contribution in [0, 0.1) is 32.1 Å². The van der Waals surface area contributed by atoms with E-state index in [1.807, 2.05) is 26.0 Å². The van der Waals surface area contributed by atoms with Gasteiger partial charge in [-0.1, -0.05) is 0 Å². The number of nitriles is 1. The molecule has 4 nitrogen and oxygen atoms in total. The minimum atomic E-state index is 0.385. The van der Waals surface area contributed by atoms with Crippen LogP contribution in [-0.2, 0) is 0 Å². The van der Waals surface area contributed by atoms with Gasteiger partial charge in [-0.25, -0.2) is 9.97 Å². The molecule has 1 aromatic carbocycles. The molecule has 0 atom stereocenters. The predicted molar refractivity (Wildman–Crippen MR) is 72.9 cm³/mol. The standard InChI is InChI=1S/C15H15N3O/c1-9-6-15(19-4)10(2)5-13(9)14-7-12(8-16)17-11(3)18-14/h5-7H,1-4H3. The molecule has 96 valence electrons. The van der Waals surface area contributed by atoms with Crippen molar-refractivity contribution in [1.29, 1.82) is 5.26 Å². The number of ether oxygens (including phenoxy) is 1. The first-order valence-corrected chi connectivity index (χ1v) is 5.96. The molecule has 19 heavy (non-hydrogen) atoms. The van der Waals surface area contributed by atoms with Crippen LogP contribution < -0.4 is 4.74 Å². The summed E-state index contributed by atoms with van der Waals surface area (Å²) >= 11 is 0. The Hall–Kier alpha value is -2.41. The maximum absolute atomic E-state index is 8.98. The van der Waals surface area contributed by atoms with Gasteiger partial charge < -0.3 is 4.74 Å². The van der Waals surface area contributed by atoms with Crippen molar-refractivity contribution < 1.29 is 4.74 Å². The molecule has 1 heterocycles. The topological polar surface area (TPSA) is 58.8 Å². The minimum absolute atomic E-state index is 0.385. The van der Waals surface area contributed by atoms with Crippen molar-refractivity contribution in [1.82, 2.24) is 9.97 Å². The zero-order chi connectivity index (χ0) is 14.0. The van der Waals surface area contributed by atoms with Crippen LogP contribution in [0.4, 0.5) is 0 Å². The van der Waals surface area contributed by atoms with Gasteiger partial charge in [-0.15, -0.1) is 0 Å². The van der Waals surface area contributed by atoms with Crippen LogP contribution in [0.1, 0.15) is 22.6 Å². The maximum Gasteiger partial charge on any atom is 0.144 e. The number of hydrogen-bond acceptors (Lipinski definition) is 4. The Balaban J connectivity index is 2.62. The zero-order valence-corrected chi connectivity index (χ0v) is 11.5. The lowest BCUT2D eigenvalue weighted by atomic mass is 10.0. The Kier molecular flexibility index (Phi) is 3.48. The smallest absolute Gasteiger partial charge is 0.144 e. The number of methoxy groups -OCH3 is 1. The number of rotatable bonds is 2. The largest absolute Gasteiger partial charge is 0.496 e. The van der Waals surface area contributed by atoms with Gasteiger partial charge in [0.1, 0.15) is 23.3 Å². The molecule has 0 bridgehead atoms. The molecule has 0 unspecified atom stereocenters. The molecular formula is C15H15N3O. The van der Waals surface area contributed by atoms with Crippen LogP contribution in [0.3, 0.4) is 0 Å². The van der Waals surface area contributed by atoms with E-state index in [-0.39, 0.29) is 0 Å². The van der Waals surface area contributed by atoms with Gasteiger partial charge in [-0.3, -0.25) is 0 Å². The molecule has 0 aliphatic heterocycles. The Morgan fingerprint density at radius 3 is 2.42 bits per heavy atom. The maximum atomic E-state index is 8.98. The molecule has 0 aliphatic carbocycles. The number of nitrogens with zero attached hydrogens (tertiary/aromatic N) is 3. The fraction of sp³-hybridized carbons (Fsp3) is 0.267. The molecule has 0 saturated carbocycles. The van der Waals surface area contributed by atoms with Crippen LogP contribution in [0.15, 0.2) is 18.2 Å². The van der Waals surface area contributed by atoms with Crippen LogP contribution in [-0.4, -0.2) is 17.1 Å². The second-order valence-electron chi connectivity index (χ2n) is 4.43. The van der Waals surface area contributed by atoms with Crippen molar-refractivity contribution >= 4 is 0 Å². The van der Waals surface area contributed by atoms with E-state index in [0.717, 1.165) is 28.1 Å². The molecule has 2 rings (SSSR count). The summed E-state index contributed by atoms with van der Waals surface area (Å²) in [6.45, 7) is 5.78. The summed E-state index contributed by atoms with van der Waals surface area (Å²) in [6.07, 6.45) is 0. The number of aromatic nitrogens is 2. The monoisotopic (exact) mass is 253 g/mol. The summed E-state index contributed by atoms with van der Waals surface area (Å²) in [5.41, 5.74) is 4.25. The third-order valence-corrected chi connectivity index (χ3v) is 2.97. The van der Waals surface area contributed by atoms with Crippen molar-refractivity contribution in [3.63, 3.8) is 0 Å². The van der Waals surface area contributed by atoms with Gasteiger partial charge in [-0.2, -0.15) is 5.26 Å². The summed E-state index contributed by atoms with van der Waals surface area (Å²) in [5, 5.41) is 8.98. The Labute approximate surface area is 112 Å². The van der Waals surface area contributed by atoms with Gasteiger partial charge in [0.2, 0.25) is 0 Å². The lowest BCUT2D eigenvalue weighted by molar-refractivity contribution is 0.411. The van der Waals surface area contributed by atoms with Gasteiger partial charge in [0, 0.05) is 11.6 Å². The average Bonchev–Trinajstić information content (AvgIpc) is 2.40. The first-order chi connectivity index (χ1) is 9.05. The van der Waals surface area contributed by atoms with Crippen molar-refractivity contribution in [2.24, 2.45) is 0 Å². The highest BCUT2D eigenvalue weighted by Crippen LogP contribution is 2.29. The summed E-state index contributed by atoms with van der Waals surface area (Å²) in [5.74, 6) is 1.45. The van der Waals surface area contributed by atoms with E-state index in [4.69, 9.17) is 10.00 Å². The van der Waals surface area contributed by atoms with Gasteiger partial charge in [-0.05, 0) is 44.0 Å². The number of aryl methyl sites for hydroxylation is 3. The van der Waals surface area contributed by atoms with E-state index >= 15 is 0 Å². The van der Waals surface area contributed by atoms with E-state index in [1.165, 1.54) is 0 Å². The molecule has 0 saturated heterocycles. The minimum Gasteiger partial charge on any atom is -0.496 e.